The summed E-state index contributed by atoms with van der Waals surface area (Å²) >= 11 is 12.6. The highest BCUT2D eigenvalue weighted by molar-refractivity contribution is 7.88. The van der Waals surface area contributed by atoms with Gasteiger partial charge in [0.05, 0.1) is 42.5 Å². The molecule has 0 fully saturated rings. The highest BCUT2D eigenvalue weighted by Gasteiger charge is 2.29. The van der Waals surface area contributed by atoms with E-state index in [1.165, 1.54) is 43.3 Å². The van der Waals surface area contributed by atoms with Gasteiger partial charge in [0.15, 0.2) is 16.6 Å². The van der Waals surface area contributed by atoms with Crippen LogP contribution in [0.5, 0.6) is 0 Å². The predicted molar refractivity (Wildman–Crippen MR) is 356 cm³/mol. The number of azo groups is 2. The molecule has 0 aliphatic heterocycles. The van der Waals surface area contributed by atoms with Crippen LogP contribution in [0.2, 0.25) is 10.0 Å². The van der Waals surface area contributed by atoms with Crippen molar-refractivity contribution in [2.24, 2.45) is 20.5 Å². The molecule has 0 saturated carbocycles. The molecule has 6 aromatic carbocycles. The summed E-state index contributed by atoms with van der Waals surface area (Å²) in [6.07, 6.45) is 0. The Morgan fingerprint density at radius 2 is 0.950 bits per heavy atom. The van der Waals surface area contributed by atoms with Crippen molar-refractivity contribution < 1.29 is 104 Å². The van der Waals surface area contributed by atoms with Crippen molar-refractivity contribution in [2.75, 3.05) is 38.9 Å². The molecule has 0 unspecified atom stereocenters. The lowest BCUT2D eigenvalue weighted by molar-refractivity contribution is 0.477. The number of benzene rings is 6. The third-order valence-corrected chi connectivity index (χ3v) is 22.0. The van der Waals surface area contributed by atoms with E-state index < -0.39 is 194 Å². The van der Waals surface area contributed by atoms with Gasteiger partial charge in [0.2, 0.25) is 17.8 Å². The molecule has 39 nitrogen and oxygen atoms in total. The van der Waals surface area contributed by atoms with Gasteiger partial charge in [-0.2, -0.15) is 92.8 Å². The first-order valence-corrected chi connectivity index (χ1v) is 39.6. The van der Waals surface area contributed by atoms with Gasteiger partial charge in [0.1, 0.15) is 52.9 Å². The summed E-state index contributed by atoms with van der Waals surface area (Å²) in [5.74, 6) is -3.39. The highest BCUT2D eigenvalue weighted by Crippen LogP contribution is 2.50. The minimum absolute atomic E-state index is 0.00729. The fraction of sp³-hybridized carbons (Fsp3) is 0.0588. The van der Waals surface area contributed by atoms with Crippen LogP contribution >= 0.6 is 34.5 Å². The molecule has 3 heterocycles. The first-order chi connectivity index (χ1) is 46.7. The van der Waals surface area contributed by atoms with Crippen LogP contribution in [-0.2, 0) is 80.9 Å². The van der Waals surface area contributed by atoms with Gasteiger partial charge in [-0.15, -0.1) is 20.5 Å². The van der Waals surface area contributed by atoms with E-state index in [1.807, 2.05) is 12.1 Å². The lowest BCUT2D eigenvalue weighted by Gasteiger charge is -2.16. The zero-order valence-electron chi connectivity index (χ0n) is 49.2. The molecule has 0 radical (unpaired) electrons. The van der Waals surface area contributed by atoms with Crippen molar-refractivity contribution in [3.05, 3.63) is 130 Å². The van der Waals surface area contributed by atoms with E-state index in [-0.39, 0.29) is 61.9 Å². The fourth-order valence-corrected chi connectivity index (χ4v) is 15.4. The van der Waals surface area contributed by atoms with E-state index in [0.717, 1.165) is 30.3 Å². The second kappa shape index (κ2) is 28.1. The van der Waals surface area contributed by atoms with Gasteiger partial charge in [0, 0.05) is 45.5 Å². The quantitative estimate of drug-likeness (QED) is 0.0198. The van der Waals surface area contributed by atoms with Crippen LogP contribution in [0.3, 0.4) is 0 Å². The molecule has 13 N–H and O–H groups in total. The van der Waals surface area contributed by atoms with Gasteiger partial charge in [-0.1, -0.05) is 46.7 Å². The molecular weight excluding hydrogens is 1570 g/mol. The maximum Gasteiger partial charge on any atom is 0.296 e. The molecule has 0 spiro atoms. The van der Waals surface area contributed by atoms with Crippen molar-refractivity contribution in [1.82, 2.24) is 19.9 Å². The number of thiophene rings is 1. The molecule has 9 aromatic rings. The maximum atomic E-state index is 12.9. The minimum atomic E-state index is -5.55. The summed E-state index contributed by atoms with van der Waals surface area (Å²) < 4.78 is 276. The molecule has 0 atom stereocenters. The second-order valence-electron chi connectivity index (χ2n) is 20.1. The first-order valence-electron chi connectivity index (χ1n) is 26.4. The van der Waals surface area contributed by atoms with Gasteiger partial charge in [-0.05, 0) is 103 Å². The summed E-state index contributed by atoms with van der Waals surface area (Å²) in [5, 5.41) is 48.2. The summed E-state index contributed by atoms with van der Waals surface area (Å²) in [5.41, 5.74) is -3.30. The third-order valence-electron chi connectivity index (χ3n) is 13.2. The van der Waals surface area contributed by atoms with E-state index in [9.17, 15) is 114 Å². The van der Waals surface area contributed by atoms with Crippen LogP contribution in [0.15, 0.2) is 158 Å². The Kier molecular flexibility index (Phi) is 21.1. The zero-order chi connectivity index (χ0) is 74.5. The molecule has 0 saturated heterocycles. The Morgan fingerprint density at radius 3 is 1.48 bits per heavy atom. The Labute approximate surface area is 583 Å². The third kappa shape index (κ3) is 18.0. The summed E-state index contributed by atoms with van der Waals surface area (Å²) in [6.45, 7) is 0.711. The summed E-state index contributed by atoms with van der Waals surface area (Å²) in [7, 11) is -41.3. The standard InChI is InChI=1S/C51H37Cl2N15O24S9/c1-23-33(21-54)45(57-26-6-9-35(52)41(15-26)100(87,88)89)61-46(58-27-7-10-36(53)42(16-27)101(90,91)92)44(23)66-67-47-34(22-55)43(48(93-47)68-65-28-14-31-32(39(17-28)98(81,82)83)18-30(96(75,76)77)20-40(31)99(84,85)86)24-2-4-25(5-3-24)59-50-62-49(56-12-13-94(69,70)71)63-51(64-50)60-37-19-29(95(72,73)74)8-11-38(37)97(78,79)80/h2-11,14-20H,12-13H2,1H3,(H2,57,58,61)(H,69,70,71)(H,72,73,74)(H,75,76,77)(H,78,79,80)(H,81,82,83)(H,84,85,86)(H,87,88,89)(H,90,91,92)(H3,56,59,60,62,63,64)/b67-66?,68-65+. The highest BCUT2D eigenvalue weighted by atomic mass is 35.5. The van der Waals surface area contributed by atoms with E-state index >= 15 is 0 Å². The molecule has 101 heavy (non-hydrogen) atoms. The van der Waals surface area contributed by atoms with Gasteiger partial charge in [-0.25, -0.2) is 4.98 Å². The van der Waals surface area contributed by atoms with Crippen LogP contribution in [0.4, 0.5) is 73.6 Å². The van der Waals surface area contributed by atoms with Crippen molar-refractivity contribution in [3.63, 3.8) is 0 Å². The van der Waals surface area contributed by atoms with Crippen LogP contribution in [-0.4, -0.2) is 136 Å². The summed E-state index contributed by atoms with van der Waals surface area (Å²) in [4.78, 5) is 9.40. The SMILES string of the molecule is Cc1c(C#N)c(Nc2ccc(Cl)c(S(=O)(=O)O)c2)nc(Nc2ccc(Cl)c(S(=O)(=O)O)c2)c1N=Nc1sc(/N=N/c2cc(S(=O)(=O)O)c3cc(S(=O)(=O)O)cc(S(=O)(=O)O)c3c2)c(-c2ccc(Nc3nc(NCCS(=O)(=O)O)nc(Nc4cc(S(=O)(=O)O)ccc4S(=O)(=O)O)n3)cc2)c1C#N. The number of hydrogen-bond acceptors (Lipinski definition) is 32. The van der Waals surface area contributed by atoms with Gasteiger partial charge in [0.25, 0.3) is 80.9 Å². The molecule has 528 valence electrons. The van der Waals surface area contributed by atoms with Crippen LogP contribution in [0.25, 0.3) is 21.9 Å². The molecule has 0 aliphatic carbocycles. The molecule has 0 bridgehead atoms. The summed E-state index contributed by atoms with van der Waals surface area (Å²) in [6, 6.07) is 19.0. The Morgan fingerprint density at radius 1 is 0.455 bits per heavy atom. The van der Waals surface area contributed by atoms with Crippen molar-refractivity contribution >= 4 is 200 Å². The number of anilines is 9. The fourth-order valence-electron chi connectivity index (χ4n) is 8.89. The minimum Gasteiger partial charge on any atom is -0.353 e. The van der Waals surface area contributed by atoms with Crippen LogP contribution in [0.1, 0.15) is 16.7 Å². The number of pyridine rings is 1. The number of aromatic nitrogens is 4. The van der Waals surface area contributed by atoms with Gasteiger partial charge >= 0.3 is 0 Å². The number of rotatable bonds is 24. The largest absolute Gasteiger partial charge is 0.353 e. The number of nitrogens with zero attached hydrogens (tertiary/aromatic N) is 10. The molecule has 3 aromatic heterocycles. The Bertz CT molecular complexity index is 6150. The average Bonchev–Trinajstić information content (AvgIpc) is 1.37. The number of fused-ring (bicyclic) bond motifs is 1. The number of halogens is 2. The van der Waals surface area contributed by atoms with Crippen molar-refractivity contribution in [2.45, 2.75) is 41.2 Å². The maximum absolute atomic E-state index is 12.9. The average molecular weight is 1600 g/mol. The Balaban J connectivity index is 1.22. The van der Waals surface area contributed by atoms with Crippen LogP contribution < -0.4 is 26.6 Å². The molecule has 0 aliphatic rings. The second-order valence-corrected chi connectivity index (χ2v) is 33.2. The van der Waals surface area contributed by atoms with E-state index in [4.69, 9.17) is 23.2 Å². The molecule has 9 rings (SSSR count). The number of nitrogens with one attached hydrogen (secondary N) is 5. The van der Waals surface area contributed by atoms with Crippen molar-refractivity contribution in [3.8, 4) is 23.3 Å². The molecular formula is C51H37Cl2N15O24S9. The molecule has 50 heteroatoms. The lowest BCUT2D eigenvalue weighted by Crippen LogP contribution is -2.17. The molecule has 0 amide bonds. The number of nitriles is 2. The predicted octanol–water partition coefficient (Wildman–Crippen LogP) is 9.34. The smallest absolute Gasteiger partial charge is 0.296 e. The zero-order valence-corrected chi connectivity index (χ0v) is 58.1. The Hall–Kier alpha value is -9.52. The monoisotopic (exact) mass is 1600 g/mol. The van der Waals surface area contributed by atoms with E-state index in [1.54, 1.807) is 0 Å². The van der Waals surface area contributed by atoms with Gasteiger partial charge in [-0.3, -0.25) is 36.4 Å². The first kappa shape index (κ1) is 75.7. The number of hydrogen-bond donors (Lipinski definition) is 13. The van der Waals surface area contributed by atoms with Crippen LogP contribution in [0, 0.1) is 29.6 Å². The van der Waals surface area contributed by atoms with Crippen molar-refractivity contribution in [1.29, 1.82) is 10.5 Å². The lowest BCUT2D eigenvalue weighted by atomic mass is 10.0. The van der Waals surface area contributed by atoms with Gasteiger partial charge < -0.3 is 26.6 Å². The normalized spacial score (nSPS) is 12.7. The van der Waals surface area contributed by atoms with E-state index in [0.29, 0.717) is 41.7 Å². The van der Waals surface area contributed by atoms with E-state index in [2.05, 4.69) is 67.0 Å². The topological polar surface area (TPSA) is 644 Å².